The molecule has 0 aliphatic heterocycles. The minimum absolute atomic E-state index is 0.0243. The van der Waals surface area contributed by atoms with E-state index >= 15 is 0 Å². The first-order valence-electron chi connectivity index (χ1n) is 5.80. The van der Waals surface area contributed by atoms with Crippen LogP contribution in [0.3, 0.4) is 0 Å². The van der Waals surface area contributed by atoms with Gasteiger partial charge in [-0.05, 0) is 37.6 Å². The molecule has 16 heavy (non-hydrogen) atoms. The number of halogens is 1. The summed E-state index contributed by atoms with van der Waals surface area (Å²) in [5, 5.41) is 3.21. The predicted octanol–water partition coefficient (Wildman–Crippen LogP) is 2.90. The Morgan fingerprint density at radius 3 is 2.75 bits per heavy atom. The van der Waals surface area contributed by atoms with Crippen LogP contribution >= 0.6 is 0 Å². The number of nitrogens with one attached hydrogen (secondary N) is 1. The first-order chi connectivity index (χ1) is 7.67. The van der Waals surface area contributed by atoms with Gasteiger partial charge in [-0.15, -0.1) is 0 Å². The zero-order valence-electron chi connectivity index (χ0n) is 10.2. The highest BCUT2D eigenvalue weighted by Crippen LogP contribution is 2.20. The van der Waals surface area contributed by atoms with Gasteiger partial charge in [0.15, 0.2) is 11.6 Å². The molecule has 1 N–H and O–H groups in total. The van der Waals surface area contributed by atoms with Crippen molar-refractivity contribution in [1.29, 1.82) is 0 Å². The molecule has 90 valence electrons. The Labute approximate surface area is 96.8 Å². The van der Waals surface area contributed by atoms with Gasteiger partial charge >= 0.3 is 0 Å². The van der Waals surface area contributed by atoms with Crippen molar-refractivity contribution in [3.63, 3.8) is 0 Å². The van der Waals surface area contributed by atoms with Gasteiger partial charge in [0.1, 0.15) is 6.10 Å². The van der Waals surface area contributed by atoms with Crippen LogP contribution in [0.25, 0.3) is 0 Å². The molecular formula is C13H20FNO. The molecular weight excluding hydrogens is 205 g/mol. The Morgan fingerprint density at radius 1 is 1.38 bits per heavy atom. The lowest BCUT2D eigenvalue weighted by atomic mass is 10.2. The van der Waals surface area contributed by atoms with E-state index in [-0.39, 0.29) is 11.9 Å². The molecule has 0 radical (unpaired) electrons. The van der Waals surface area contributed by atoms with Gasteiger partial charge in [-0.2, -0.15) is 0 Å². The summed E-state index contributed by atoms with van der Waals surface area (Å²) >= 11 is 0. The van der Waals surface area contributed by atoms with Gasteiger partial charge in [-0.3, -0.25) is 0 Å². The van der Waals surface area contributed by atoms with E-state index < -0.39 is 0 Å². The highest BCUT2D eigenvalue weighted by molar-refractivity contribution is 5.29. The lowest BCUT2D eigenvalue weighted by molar-refractivity contribution is 0.186. The van der Waals surface area contributed by atoms with Gasteiger partial charge < -0.3 is 10.1 Å². The van der Waals surface area contributed by atoms with Crippen LogP contribution in [-0.4, -0.2) is 19.2 Å². The molecule has 1 rings (SSSR count). The Morgan fingerprint density at radius 2 is 2.12 bits per heavy atom. The fraction of sp³-hybridized carbons (Fsp3) is 0.538. The molecule has 0 fully saturated rings. The van der Waals surface area contributed by atoms with E-state index in [1.807, 2.05) is 20.8 Å². The smallest absolute Gasteiger partial charge is 0.165 e. The van der Waals surface area contributed by atoms with E-state index in [9.17, 15) is 4.39 Å². The molecule has 1 aromatic rings. The van der Waals surface area contributed by atoms with Crippen LogP contribution in [0.4, 0.5) is 4.39 Å². The van der Waals surface area contributed by atoms with Gasteiger partial charge in [-0.1, -0.05) is 19.9 Å². The topological polar surface area (TPSA) is 21.3 Å². The highest BCUT2D eigenvalue weighted by atomic mass is 19.1. The number of benzene rings is 1. The van der Waals surface area contributed by atoms with E-state index in [2.05, 4.69) is 5.32 Å². The summed E-state index contributed by atoms with van der Waals surface area (Å²) in [6, 6.07) is 4.93. The minimum atomic E-state index is -0.291. The normalized spacial score (nSPS) is 12.5. The van der Waals surface area contributed by atoms with E-state index in [4.69, 9.17) is 4.74 Å². The minimum Gasteiger partial charge on any atom is -0.486 e. The van der Waals surface area contributed by atoms with Gasteiger partial charge in [0.05, 0.1) is 0 Å². The molecule has 2 nitrogen and oxygen atoms in total. The first kappa shape index (κ1) is 13.0. The van der Waals surface area contributed by atoms with E-state index in [0.29, 0.717) is 5.75 Å². The van der Waals surface area contributed by atoms with Gasteiger partial charge in [0, 0.05) is 6.54 Å². The lowest BCUT2D eigenvalue weighted by Crippen LogP contribution is -2.30. The zero-order valence-corrected chi connectivity index (χ0v) is 10.2. The molecule has 1 aromatic carbocycles. The molecule has 0 aliphatic rings. The van der Waals surface area contributed by atoms with E-state index in [1.54, 1.807) is 12.1 Å². The van der Waals surface area contributed by atoms with Crippen molar-refractivity contribution in [1.82, 2.24) is 5.32 Å². The van der Waals surface area contributed by atoms with Gasteiger partial charge in [0.2, 0.25) is 0 Å². The van der Waals surface area contributed by atoms with Crippen molar-refractivity contribution in [2.24, 2.45) is 0 Å². The van der Waals surface area contributed by atoms with Crippen LogP contribution in [0, 0.1) is 12.7 Å². The number of likely N-dealkylation sites (N-methyl/N-ethyl adjacent to an activating group) is 1. The number of hydrogen-bond donors (Lipinski definition) is 1. The summed E-state index contributed by atoms with van der Waals surface area (Å²) in [4.78, 5) is 0. The first-order valence-corrected chi connectivity index (χ1v) is 5.80. The molecule has 0 bridgehead atoms. The predicted molar refractivity (Wildman–Crippen MR) is 64.4 cm³/mol. The van der Waals surface area contributed by atoms with Crippen molar-refractivity contribution in [3.05, 3.63) is 29.6 Å². The van der Waals surface area contributed by atoms with Gasteiger partial charge in [-0.25, -0.2) is 4.39 Å². The summed E-state index contributed by atoms with van der Waals surface area (Å²) in [5.41, 5.74) is 1.01. The summed E-state index contributed by atoms with van der Waals surface area (Å²) < 4.78 is 19.1. The largest absolute Gasteiger partial charge is 0.486 e. The molecule has 0 amide bonds. The standard InChI is InChI=1S/C13H20FNO/c1-4-11(9-15-5-2)16-13-8-10(3)6-7-12(13)14/h6-8,11,15H,4-5,9H2,1-3H3. The molecule has 1 unspecified atom stereocenters. The Bertz CT molecular complexity index is 328. The SMILES string of the molecule is CCNCC(CC)Oc1cc(C)ccc1F. The van der Waals surface area contributed by atoms with Crippen LogP contribution in [0.2, 0.25) is 0 Å². The van der Waals surface area contributed by atoms with E-state index in [0.717, 1.165) is 25.1 Å². The van der Waals surface area contributed by atoms with Crippen molar-refractivity contribution >= 4 is 0 Å². The molecule has 3 heteroatoms. The van der Waals surface area contributed by atoms with Crippen LogP contribution in [0.15, 0.2) is 18.2 Å². The van der Waals surface area contributed by atoms with Crippen LogP contribution in [0.1, 0.15) is 25.8 Å². The van der Waals surface area contributed by atoms with Crippen molar-refractivity contribution < 1.29 is 9.13 Å². The molecule has 0 saturated heterocycles. The number of hydrogen-bond acceptors (Lipinski definition) is 2. The van der Waals surface area contributed by atoms with Gasteiger partial charge in [0.25, 0.3) is 0 Å². The molecule has 0 aromatic heterocycles. The summed E-state index contributed by atoms with van der Waals surface area (Å²) in [7, 11) is 0. The fourth-order valence-electron chi connectivity index (χ4n) is 1.46. The van der Waals surface area contributed by atoms with Crippen molar-refractivity contribution in [2.45, 2.75) is 33.3 Å². The van der Waals surface area contributed by atoms with Crippen LogP contribution in [0.5, 0.6) is 5.75 Å². The van der Waals surface area contributed by atoms with Crippen molar-refractivity contribution in [3.8, 4) is 5.75 Å². The highest BCUT2D eigenvalue weighted by Gasteiger charge is 2.10. The second-order valence-electron chi connectivity index (χ2n) is 3.89. The maximum absolute atomic E-state index is 13.4. The summed E-state index contributed by atoms with van der Waals surface area (Å²) in [5.74, 6) is 0.0605. The Hall–Kier alpha value is -1.09. The second kappa shape index (κ2) is 6.48. The summed E-state index contributed by atoms with van der Waals surface area (Å²) in [6.07, 6.45) is 0.886. The third-order valence-corrected chi connectivity index (χ3v) is 2.46. The third-order valence-electron chi connectivity index (χ3n) is 2.46. The van der Waals surface area contributed by atoms with Crippen LogP contribution in [-0.2, 0) is 0 Å². The number of ether oxygens (including phenoxy) is 1. The monoisotopic (exact) mass is 225 g/mol. The Balaban J connectivity index is 2.65. The average molecular weight is 225 g/mol. The van der Waals surface area contributed by atoms with Crippen LogP contribution < -0.4 is 10.1 Å². The third kappa shape index (κ3) is 3.81. The fourth-order valence-corrected chi connectivity index (χ4v) is 1.46. The quantitative estimate of drug-likeness (QED) is 0.803. The molecule has 0 aliphatic carbocycles. The second-order valence-corrected chi connectivity index (χ2v) is 3.89. The Kier molecular flexibility index (Phi) is 5.26. The maximum Gasteiger partial charge on any atom is 0.165 e. The lowest BCUT2D eigenvalue weighted by Gasteiger charge is -2.18. The molecule has 0 heterocycles. The average Bonchev–Trinajstić information content (AvgIpc) is 2.28. The zero-order chi connectivity index (χ0) is 12.0. The summed E-state index contributed by atoms with van der Waals surface area (Å²) in [6.45, 7) is 7.66. The molecule has 0 saturated carbocycles. The van der Waals surface area contributed by atoms with Crippen molar-refractivity contribution in [2.75, 3.05) is 13.1 Å². The number of rotatable bonds is 6. The molecule has 1 atom stereocenters. The number of aryl methyl sites for hydroxylation is 1. The maximum atomic E-state index is 13.4. The molecule has 0 spiro atoms. The van der Waals surface area contributed by atoms with E-state index in [1.165, 1.54) is 6.07 Å².